The number of carbonyl (C=O) groups is 1. The summed E-state index contributed by atoms with van der Waals surface area (Å²) in [6.45, 7) is 6.40. The summed E-state index contributed by atoms with van der Waals surface area (Å²) in [5.74, 6) is 0.170. The molecule has 0 aliphatic carbocycles. The first-order valence-electron chi connectivity index (χ1n) is 5.57. The van der Waals surface area contributed by atoms with Gasteiger partial charge in [0.1, 0.15) is 6.10 Å². The highest BCUT2D eigenvalue weighted by atomic mass is 16.5. The number of hydrogen-bond acceptors (Lipinski definition) is 3. The van der Waals surface area contributed by atoms with E-state index in [0.717, 1.165) is 6.42 Å². The van der Waals surface area contributed by atoms with Crippen molar-refractivity contribution in [3.8, 4) is 0 Å². The molecule has 15 heavy (non-hydrogen) atoms. The third kappa shape index (κ3) is 2.92. The number of aliphatic hydroxyl groups excluding tert-OH is 1. The Balaban J connectivity index is 2.54. The molecule has 0 aromatic carbocycles. The van der Waals surface area contributed by atoms with Crippen LogP contribution in [0.5, 0.6) is 0 Å². The molecule has 1 heterocycles. The molecule has 4 heteroatoms. The Hall–Kier alpha value is -0.610. The summed E-state index contributed by atoms with van der Waals surface area (Å²) in [6.07, 6.45) is 1.29. The van der Waals surface area contributed by atoms with Crippen LogP contribution in [0.4, 0.5) is 0 Å². The summed E-state index contributed by atoms with van der Waals surface area (Å²) < 4.78 is 5.37. The molecular formula is C11H21NO3. The zero-order chi connectivity index (χ0) is 11.5. The van der Waals surface area contributed by atoms with Gasteiger partial charge in [-0.3, -0.25) is 4.79 Å². The average Bonchev–Trinajstić information content (AvgIpc) is 2.64. The van der Waals surface area contributed by atoms with Gasteiger partial charge in [-0.05, 0) is 25.7 Å². The third-order valence-corrected chi connectivity index (χ3v) is 3.20. The first kappa shape index (κ1) is 12.5. The molecular weight excluding hydrogens is 194 g/mol. The smallest absolute Gasteiger partial charge is 0.249 e. The molecule has 3 unspecified atom stereocenters. The summed E-state index contributed by atoms with van der Waals surface area (Å²) in [5.41, 5.74) is -0.525. The van der Waals surface area contributed by atoms with Crippen LogP contribution in [-0.2, 0) is 9.53 Å². The van der Waals surface area contributed by atoms with E-state index in [9.17, 15) is 9.90 Å². The van der Waals surface area contributed by atoms with Crippen LogP contribution >= 0.6 is 0 Å². The van der Waals surface area contributed by atoms with Gasteiger partial charge in [0.15, 0.2) is 0 Å². The number of ether oxygens (including phenoxy) is 1. The molecule has 2 N–H and O–H groups in total. The van der Waals surface area contributed by atoms with Gasteiger partial charge in [0.2, 0.25) is 5.91 Å². The quantitative estimate of drug-likeness (QED) is 0.725. The highest BCUT2D eigenvalue weighted by Crippen LogP contribution is 2.21. The van der Waals surface area contributed by atoms with Crippen molar-refractivity contribution in [1.82, 2.24) is 5.32 Å². The summed E-state index contributed by atoms with van der Waals surface area (Å²) in [4.78, 5) is 11.8. The van der Waals surface area contributed by atoms with Gasteiger partial charge >= 0.3 is 0 Å². The fourth-order valence-electron chi connectivity index (χ4n) is 1.64. The maximum Gasteiger partial charge on any atom is 0.249 e. The lowest BCUT2D eigenvalue weighted by Gasteiger charge is -2.29. The van der Waals surface area contributed by atoms with Gasteiger partial charge in [0.25, 0.3) is 0 Å². The number of aliphatic hydroxyl groups is 1. The fraction of sp³-hybridized carbons (Fsp3) is 0.909. The third-order valence-electron chi connectivity index (χ3n) is 3.20. The van der Waals surface area contributed by atoms with Crippen LogP contribution in [0.25, 0.3) is 0 Å². The molecule has 0 aromatic heterocycles. The monoisotopic (exact) mass is 215 g/mol. The van der Waals surface area contributed by atoms with Gasteiger partial charge in [-0.25, -0.2) is 0 Å². The van der Waals surface area contributed by atoms with E-state index >= 15 is 0 Å². The fourth-order valence-corrected chi connectivity index (χ4v) is 1.64. The molecule has 1 amide bonds. The minimum atomic E-state index is -0.525. The number of hydrogen-bond donors (Lipinski definition) is 2. The van der Waals surface area contributed by atoms with E-state index in [1.165, 1.54) is 0 Å². The van der Waals surface area contributed by atoms with Crippen molar-refractivity contribution in [2.24, 2.45) is 5.92 Å². The number of carbonyl (C=O) groups excluding carboxylic acids is 1. The second kappa shape index (κ2) is 4.94. The zero-order valence-corrected chi connectivity index (χ0v) is 9.75. The van der Waals surface area contributed by atoms with Crippen LogP contribution in [-0.4, -0.2) is 35.9 Å². The Morgan fingerprint density at radius 3 is 2.73 bits per heavy atom. The Kier molecular flexibility index (Phi) is 4.11. The van der Waals surface area contributed by atoms with Gasteiger partial charge in [0.05, 0.1) is 12.1 Å². The van der Waals surface area contributed by atoms with Gasteiger partial charge in [-0.2, -0.15) is 0 Å². The summed E-state index contributed by atoms with van der Waals surface area (Å²) in [5, 5.41) is 12.0. The molecule has 0 radical (unpaired) electrons. The standard InChI is InChI=1S/C11H21NO3/c1-4-11(3,7-13)12-10(14)9-8(2)5-6-15-9/h8-9,13H,4-7H2,1-3H3,(H,12,14). The van der Waals surface area contributed by atoms with Crippen molar-refractivity contribution in [2.75, 3.05) is 13.2 Å². The van der Waals surface area contributed by atoms with Crippen LogP contribution in [0.1, 0.15) is 33.6 Å². The van der Waals surface area contributed by atoms with E-state index in [1.54, 1.807) is 0 Å². The SMILES string of the molecule is CCC(C)(CO)NC(=O)C1OCCC1C. The maximum absolute atomic E-state index is 11.8. The van der Waals surface area contributed by atoms with Crippen LogP contribution in [0.2, 0.25) is 0 Å². The number of rotatable bonds is 4. The summed E-state index contributed by atoms with van der Waals surface area (Å²) >= 11 is 0. The van der Waals surface area contributed by atoms with Crippen LogP contribution < -0.4 is 5.32 Å². The lowest BCUT2D eigenvalue weighted by atomic mass is 9.98. The zero-order valence-electron chi connectivity index (χ0n) is 9.75. The minimum Gasteiger partial charge on any atom is -0.394 e. The molecule has 3 atom stereocenters. The average molecular weight is 215 g/mol. The molecule has 1 fully saturated rings. The van der Waals surface area contributed by atoms with Crippen molar-refractivity contribution in [3.63, 3.8) is 0 Å². The molecule has 0 bridgehead atoms. The van der Waals surface area contributed by atoms with E-state index < -0.39 is 5.54 Å². The Labute approximate surface area is 91.0 Å². The molecule has 1 aliphatic heterocycles. The first-order valence-corrected chi connectivity index (χ1v) is 5.57. The van der Waals surface area contributed by atoms with Crippen molar-refractivity contribution < 1.29 is 14.6 Å². The molecule has 0 saturated carbocycles. The van der Waals surface area contributed by atoms with Crippen molar-refractivity contribution in [2.45, 2.75) is 45.3 Å². The summed E-state index contributed by atoms with van der Waals surface area (Å²) in [6, 6.07) is 0. The van der Waals surface area contributed by atoms with Gasteiger partial charge < -0.3 is 15.2 Å². The van der Waals surface area contributed by atoms with Crippen LogP contribution in [0, 0.1) is 5.92 Å². The Morgan fingerprint density at radius 2 is 2.33 bits per heavy atom. The van der Waals surface area contributed by atoms with Gasteiger partial charge in [-0.15, -0.1) is 0 Å². The minimum absolute atomic E-state index is 0.0453. The predicted octanol–water partition coefficient (Wildman–Crippen LogP) is 0.689. The number of amides is 1. The van der Waals surface area contributed by atoms with Gasteiger partial charge in [0, 0.05) is 6.61 Å². The lowest BCUT2D eigenvalue weighted by molar-refractivity contribution is -0.134. The maximum atomic E-state index is 11.8. The van der Waals surface area contributed by atoms with Crippen molar-refractivity contribution in [3.05, 3.63) is 0 Å². The van der Waals surface area contributed by atoms with E-state index in [4.69, 9.17) is 4.74 Å². The van der Waals surface area contributed by atoms with Crippen molar-refractivity contribution >= 4 is 5.91 Å². The van der Waals surface area contributed by atoms with Crippen LogP contribution in [0.15, 0.2) is 0 Å². The second-order valence-electron chi connectivity index (χ2n) is 4.62. The largest absolute Gasteiger partial charge is 0.394 e. The van der Waals surface area contributed by atoms with E-state index in [2.05, 4.69) is 5.32 Å². The molecule has 0 aromatic rings. The molecule has 0 spiro atoms. The van der Waals surface area contributed by atoms with Crippen molar-refractivity contribution in [1.29, 1.82) is 0 Å². The highest BCUT2D eigenvalue weighted by Gasteiger charge is 2.34. The van der Waals surface area contributed by atoms with E-state index in [-0.39, 0.29) is 24.5 Å². The van der Waals surface area contributed by atoms with Crippen LogP contribution in [0.3, 0.4) is 0 Å². The molecule has 4 nitrogen and oxygen atoms in total. The molecule has 1 saturated heterocycles. The molecule has 1 aliphatic rings. The Morgan fingerprint density at radius 1 is 1.67 bits per heavy atom. The van der Waals surface area contributed by atoms with Gasteiger partial charge in [-0.1, -0.05) is 13.8 Å². The molecule has 1 rings (SSSR count). The van der Waals surface area contributed by atoms with E-state index in [0.29, 0.717) is 13.0 Å². The first-order chi connectivity index (χ1) is 7.02. The van der Waals surface area contributed by atoms with E-state index in [1.807, 2.05) is 20.8 Å². The normalized spacial score (nSPS) is 29.9. The highest BCUT2D eigenvalue weighted by molar-refractivity contribution is 5.82. The molecule has 88 valence electrons. The second-order valence-corrected chi connectivity index (χ2v) is 4.62. The summed E-state index contributed by atoms with van der Waals surface area (Å²) in [7, 11) is 0. The predicted molar refractivity (Wildman–Crippen MR) is 57.4 cm³/mol. The lowest BCUT2D eigenvalue weighted by Crippen LogP contribution is -2.52. The number of nitrogens with one attached hydrogen (secondary N) is 1. The Bertz CT molecular complexity index is 226. The topological polar surface area (TPSA) is 58.6 Å².